The molecule has 0 aromatic heterocycles. The molecule has 0 aromatic carbocycles. The predicted molar refractivity (Wildman–Crippen MR) is 71.6 cm³/mol. The van der Waals surface area contributed by atoms with Crippen LogP contribution < -0.4 is 0 Å². The summed E-state index contributed by atoms with van der Waals surface area (Å²) in [7, 11) is 0. The van der Waals surface area contributed by atoms with Crippen molar-refractivity contribution in [2.75, 3.05) is 32.8 Å². The molecule has 2 amide bonds. The van der Waals surface area contributed by atoms with E-state index in [9.17, 15) is 4.79 Å². The monoisotopic (exact) mass is 254 g/mol. The third-order valence-electron chi connectivity index (χ3n) is 4.03. The van der Waals surface area contributed by atoms with Gasteiger partial charge in [0.1, 0.15) is 0 Å². The Labute approximate surface area is 110 Å². The number of likely N-dealkylation sites (tertiary alicyclic amines) is 1. The maximum Gasteiger partial charge on any atom is 0.320 e. The first-order valence-corrected chi connectivity index (χ1v) is 7.36. The SMILES string of the molecule is CCN(CC1CCCO1)C(=O)N1CCCC(C)C1. The molecule has 0 saturated carbocycles. The molecule has 2 heterocycles. The van der Waals surface area contributed by atoms with E-state index in [1.165, 1.54) is 6.42 Å². The molecule has 2 saturated heterocycles. The predicted octanol–water partition coefficient (Wildman–Crippen LogP) is 2.34. The van der Waals surface area contributed by atoms with Crippen LogP contribution in [0.1, 0.15) is 39.5 Å². The van der Waals surface area contributed by atoms with Gasteiger partial charge in [-0.3, -0.25) is 0 Å². The normalized spacial score (nSPS) is 28.4. The smallest absolute Gasteiger partial charge is 0.320 e. The van der Waals surface area contributed by atoms with Gasteiger partial charge in [0.25, 0.3) is 0 Å². The zero-order valence-electron chi connectivity index (χ0n) is 11.7. The topological polar surface area (TPSA) is 32.8 Å². The van der Waals surface area contributed by atoms with E-state index in [1.807, 2.05) is 9.80 Å². The van der Waals surface area contributed by atoms with Crippen molar-refractivity contribution in [2.24, 2.45) is 5.92 Å². The van der Waals surface area contributed by atoms with Crippen molar-refractivity contribution >= 4 is 6.03 Å². The van der Waals surface area contributed by atoms with E-state index >= 15 is 0 Å². The molecule has 104 valence electrons. The summed E-state index contributed by atoms with van der Waals surface area (Å²) in [5.74, 6) is 0.643. The van der Waals surface area contributed by atoms with Gasteiger partial charge in [0.05, 0.1) is 6.10 Å². The number of hydrogen-bond acceptors (Lipinski definition) is 2. The van der Waals surface area contributed by atoms with Gasteiger partial charge < -0.3 is 14.5 Å². The number of likely N-dealkylation sites (N-methyl/N-ethyl adjacent to an activating group) is 1. The molecule has 0 spiro atoms. The summed E-state index contributed by atoms with van der Waals surface area (Å²) in [6.07, 6.45) is 4.89. The van der Waals surface area contributed by atoms with Crippen molar-refractivity contribution in [1.82, 2.24) is 9.80 Å². The van der Waals surface area contributed by atoms with E-state index in [4.69, 9.17) is 4.74 Å². The van der Waals surface area contributed by atoms with Gasteiger partial charge >= 0.3 is 6.03 Å². The van der Waals surface area contributed by atoms with Crippen LogP contribution in [-0.4, -0.2) is 54.7 Å². The molecule has 0 aliphatic carbocycles. The molecule has 0 aromatic rings. The molecule has 0 N–H and O–H groups in total. The molecule has 4 heteroatoms. The molecule has 2 rings (SSSR count). The Morgan fingerprint density at radius 3 is 2.83 bits per heavy atom. The maximum atomic E-state index is 12.5. The highest BCUT2D eigenvalue weighted by molar-refractivity contribution is 5.74. The van der Waals surface area contributed by atoms with Gasteiger partial charge in [0, 0.05) is 32.8 Å². The third kappa shape index (κ3) is 3.37. The number of ether oxygens (including phenoxy) is 1. The lowest BCUT2D eigenvalue weighted by molar-refractivity contribution is 0.0704. The van der Waals surface area contributed by atoms with Crippen LogP contribution in [0, 0.1) is 5.92 Å². The molecular formula is C14H26N2O2. The van der Waals surface area contributed by atoms with E-state index in [2.05, 4.69) is 13.8 Å². The van der Waals surface area contributed by atoms with E-state index in [-0.39, 0.29) is 12.1 Å². The van der Waals surface area contributed by atoms with Crippen LogP contribution in [0.25, 0.3) is 0 Å². The lowest BCUT2D eigenvalue weighted by Crippen LogP contribution is -2.49. The molecule has 2 fully saturated rings. The number of carbonyl (C=O) groups is 1. The lowest BCUT2D eigenvalue weighted by atomic mass is 10.0. The van der Waals surface area contributed by atoms with Crippen LogP contribution in [0.3, 0.4) is 0 Å². The number of nitrogens with zero attached hydrogens (tertiary/aromatic N) is 2. The molecule has 18 heavy (non-hydrogen) atoms. The first-order valence-electron chi connectivity index (χ1n) is 7.36. The van der Waals surface area contributed by atoms with Crippen LogP contribution in [0.2, 0.25) is 0 Å². The second-order valence-electron chi connectivity index (χ2n) is 5.65. The summed E-state index contributed by atoms with van der Waals surface area (Å²) >= 11 is 0. The fourth-order valence-corrected chi connectivity index (χ4v) is 2.94. The average molecular weight is 254 g/mol. The van der Waals surface area contributed by atoms with Crippen molar-refractivity contribution in [3.05, 3.63) is 0 Å². The number of rotatable bonds is 3. The number of carbonyl (C=O) groups excluding carboxylic acids is 1. The highest BCUT2D eigenvalue weighted by Gasteiger charge is 2.27. The van der Waals surface area contributed by atoms with Crippen LogP contribution in [0.4, 0.5) is 4.79 Å². The first kappa shape index (κ1) is 13.7. The minimum atomic E-state index is 0.208. The Balaban J connectivity index is 1.87. The van der Waals surface area contributed by atoms with E-state index in [0.29, 0.717) is 5.92 Å². The van der Waals surface area contributed by atoms with E-state index in [1.54, 1.807) is 0 Å². The molecule has 2 aliphatic heterocycles. The Morgan fingerprint density at radius 1 is 1.39 bits per heavy atom. The van der Waals surface area contributed by atoms with E-state index < -0.39 is 0 Å². The summed E-state index contributed by atoms with van der Waals surface area (Å²) in [5.41, 5.74) is 0. The molecule has 0 bridgehead atoms. The van der Waals surface area contributed by atoms with Crippen LogP contribution in [0.5, 0.6) is 0 Å². The van der Waals surface area contributed by atoms with Crippen molar-refractivity contribution in [1.29, 1.82) is 0 Å². The van der Waals surface area contributed by atoms with Crippen molar-refractivity contribution in [3.63, 3.8) is 0 Å². The van der Waals surface area contributed by atoms with Crippen LogP contribution in [0.15, 0.2) is 0 Å². The summed E-state index contributed by atoms with van der Waals surface area (Å²) < 4.78 is 5.63. The number of urea groups is 1. The highest BCUT2D eigenvalue weighted by Crippen LogP contribution is 2.18. The Bertz CT molecular complexity index is 277. The molecular weight excluding hydrogens is 228 g/mol. The first-order chi connectivity index (χ1) is 8.70. The average Bonchev–Trinajstić information content (AvgIpc) is 2.88. The summed E-state index contributed by atoms with van der Waals surface area (Å²) in [6.45, 7) is 8.53. The zero-order valence-corrected chi connectivity index (χ0v) is 11.7. The lowest BCUT2D eigenvalue weighted by Gasteiger charge is -2.35. The Hall–Kier alpha value is -0.770. The molecule has 2 aliphatic rings. The van der Waals surface area contributed by atoms with E-state index in [0.717, 1.165) is 52.0 Å². The molecule has 2 unspecified atom stereocenters. The van der Waals surface area contributed by atoms with Gasteiger partial charge in [-0.1, -0.05) is 6.92 Å². The minimum absolute atomic E-state index is 0.208. The fraction of sp³-hybridized carbons (Fsp3) is 0.929. The van der Waals surface area contributed by atoms with Crippen molar-refractivity contribution in [3.8, 4) is 0 Å². The van der Waals surface area contributed by atoms with Gasteiger partial charge in [0.15, 0.2) is 0 Å². The standard InChI is InChI=1S/C14H26N2O2/c1-3-15(11-13-7-5-9-18-13)14(17)16-8-4-6-12(2)10-16/h12-13H,3-11H2,1-2H3. The summed E-state index contributed by atoms with van der Waals surface area (Å²) in [4.78, 5) is 16.4. The van der Waals surface area contributed by atoms with Crippen LogP contribution >= 0.6 is 0 Å². The van der Waals surface area contributed by atoms with Gasteiger partial charge in [-0.05, 0) is 38.5 Å². The third-order valence-corrected chi connectivity index (χ3v) is 4.03. The second kappa shape index (κ2) is 6.41. The Kier molecular flexibility index (Phi) is 4.87. The maximum absolute atomic E-state index is 12.5. The number of amides is 2. The summed E-state index contributed by atoms with van der Waals surface area (Å²) in [5, 5.41) is 0. The zero-order chi connectivity index (χ0) is 13.0. The Morgan fingerprint density at radius 2 is 2.22 bits per heavy atom. The van der Waals surface area contributed by atoms with Gasteiger partial charge in [0.2, 0.25) is 0 Å². The number of hydrogen-bond donors (Lipinski definition) is 0. The molecule has 2 atom stereocenters. The molecule has 4 nitrogen and oxygen atoms in total. The van der Waals surface area contributed by atoms with Crippen LogP contribution in [-0.2, 0) is 4.74 Å². The molecule has 0 radical (unpaired) electrons. The summed E-state index contributed by atoms with van der Waals surface area (Å²) in [6, 6.07) is 0.208. The number of piperidine rings is 1. The van der Waals surface area contributed by atoms with Gasteiger partial charge in [-0.15, -0.1) is 0 Å². The van der Waals surface area contributed by atoms with Gasteiger partial charge in [-0.25, -0.2) is 4.79 Å². The quantitative estimate of drug-likeness (QED) is 0.774. The minimum Gasteiger partial charge on any atom is -0.376 e. The van der Waals surface area contributed by atoms with Gasteiger partial charge in [-0.2, -0.15) is 0 Å². The van der Waals surface area contributed by atoms with Crippen molar-refractivity contribution in [2.45, 2.75) is 45.6 Å². The second-order valence-corrected chi connectivity index (χ2v) is 5.65. The van der Waals surface area contributed by atoms with Crippen molar-refractivity contribution < 1.29 is 9.53 Å². The largest absolute Gasteiger partial charge is 0.376 e. The fourth-order valence-electron chi connectivity index (χ4n) is 2.94. The highest BCUT2D eigenvalue weighted by atomic mass is 16.5.